The second kappa shape index (κ2) is 5.78. The number of nitrogens with zero attached hydrogens (tertiary/aromatic N) is 1. The van der Waals surface area contributed by atoms with Crippen LogP contribution in [0.4, 0.5) is 0 Å². The molecule has 0 amide bonds. The molecule has 122 valence electrons. The van der Waals surface area contributed by atoms with Crippen LogP contribution in [-0.2, 0) is 22.9 Å². The molecule has 4 rings (SSSR count). The van der Waals surface area contributed by atoms with Crippen molar-refractivity contribution in [3.63, 3.8) is 0 Å². The van der Waals surface area contributed by atoms with Crippen molar-refractivity contribution in [1.29, 1.82) is 0 Å². The Kier molecular flexibility index (Phi) is 4.27. The highest BCUT2D eigenvalue weighted by molar-refractivity contribution is 7.89. The zero-order valence-electron chi connectivity index (χ0n) is 12.6. The van der Waals surface area contributed by atoms with Gasteiger partial charge in [-0.15, -0.1) is 12.4 Å². The molecule has 1 aromatic carbocycles. The highest BCUT2D eigenvalue weighted by Crippen LogP contribution is 2.39. The van der Waals surface area contributed by atoms with E-state index >= 15 is 0 Å². The number of sulfonamides is 1. The molecule has 2 fully saturated rings. The second-order valence-corrected chi connectivity index (χ2v) is 8.71. The molecule has 0 bridgehead atoms. The van der Waals surface area contributed by atoms with Gasteiger partial charge in [0.05, 0.1) is 4.90 Å². The van der Waals surface area contributed by atoms with E-state index in [1.807, 2.05) is 12.1 Å². The summed E-state index contributed by atoms with van der Waals surface area (Å²) in [6.07, 6.45) is 5.35. The molecule has 1 saturated carbocycles. The van der Waals surface area contributed by atoms with Crippen LogP contribution in [-0.4, -0.2) is 31.9 Å². The fourth-order valence-corrected chi connectivity index (χ4v) is 5.91. The van der Waals surface area contributed by atoms with E-state index in [2.05, 4.69) is 0 Å². The van der Waals surface area contributed by atoms with Gasteiger partial charge < -0.3 is 5.73 Å². The summed E-state index contributed by atoms with van der Waals surface area (Å²) in [7, 11) is -3.35. The summed E-state index contributed by atoms with van der Waals surface area (Å²) in [4.78, 5) is 0.469. The molecular formula is C16H23ClN2O2S. The van der Waals surface area contributed by atoms with Gasteiger partial charge in [0.2, 0.25) is 10.0 Å². The largest absolute Gasteiger partial charge is 0.327 e. The minimum atomic E-state index is -3.35. The SMILES string of the molecule is Cl.NC1CCC2CN(S(=O)(=O)c3ccc4c(c3)CCC4)CC12. The molecule has 1 aliphatic heterocycles. The van der Waals surface area contributed by atoms with Crippen LogP contribution < -0.4 is 5.73 Å². The van der Waals surface area contributed by atoms with E-state index in [1.165, 1.54) is 11.1 Å². The molecule has 1 heterocycles. The van der Waals surface area contributed by atoms with Crippen molar-refractivity contribution in [2.24, 2.45) is 17.6 Å². The van der Waals surface area contributed by atoms with Crippen molar-refractivity contribution >= 4 is 22.4 Å². The molecule has 3 atom stereocenters. The number of aryl methyl sites for hydroxylation is 2. The summed E-state index contributed by atoms with van der Waals surface area (Å²) in [5.74, 6) is 0.818. The van der Waals surface area contributed by atoms with Crippen molar-refractivity contribution in [3.05, 3.63) is 29.3 Å². The average molecular weight is 343 g/mol. The minimum Gasteiger partial charge on any atom is -0.327 e. The second-order valence-electron chi connectivity index (χ2n) is 6.77. The van der Waals surface area contributed by atoms with Gasteiger partial charge in [-0.1, -0.05) is 6.07 Å². The first-order valence-corrected chi connectivity index (χ1v) is 9.37. The van der Waals surface area contributed by atoms with Gasteiger partial charge in [0, 0.05) is 19.1 Å². The van der Waals surface area contributed by atoms with Crippen LogP contribution in [0.2, 0.25) is 0 Å². The number of benzene rings is 1. The van der Waals surface area contributed by atoms with Crippen LogP contribution in [0.15, 0.2) is 23.1 Å². The molecule has 3 unspecified atom stereocenters. The van der Waals surface area contributed by atoms with Crippen molar-refractivity contribution in [3.8, 4) is 0 Å². The van der Waals surface area contributed by atoms with E-state index in [0.717, 1.165) is 32.1 Å². The highest BCUT2D eigenvalue weighted by atomic mass is 35.5. The summed E-state index contributed by atoms with van der Waals surface area (Å²) in [6.45, 7) is 1.25. The topological polar surface area (TPSA) is 63.4 Å². The normalized spacial score (nSPS) is 30.9. The fraction of sp³-hybridized carbons (Fsp3) is 0.625. The Balaban J connectivity index is 0.00000144. The first kappa shape index (κ1) is 16.2. The Labute approximate surface area is 138 Å². The number of rotatable bonds is 2. The lowest BCUT2D eigenvalue weighted by Crippen LogP contribution is -2.33. The smallest absolute Gasteiger partial charge is 0.243 e. The van der Waals surface area contributed by atoms with E-state index < -0.39 is 10.0 Å². The first-order valence-electron chi connectivity index (χ1n) is 7.93. The average Bonchev–Trinajstić information content (AvgIpc) is 3.15. The number of fused-ring (bicyclic) bond motifs is 2. The van der Waals surface area contributed by atoms with Gasteiger partial charge in [-0.25, -0.2) is 8.42 Å². The van der Waals surface area contributed by atoms with E-state index in [9.17, 15) is 8.42 Å². The lowest BCUT2D eigenvalue weighted by atomic mass is 9.98. The molecule has 0 aromatic heterocycles. The molecular weight excluding hydrogens is 320 g/mol. The predicted molar refractivity (Wildman–Crippen MR) is 88.7 cm³/mol. The Bertz CT molecular complexity index is 677. The lowest BCUT2D eigenvalue weighted by molar-refractivity contribution is 0.427. The Morgan fingerprint density at radius 2 is 1.86 bits per heavy atom. The maximum atomic E-state index is 12.9. The van der Waals surface area contributed by atoms with E-state index in [-0.39, 0.29) is 18.4 Å². The van der Waals surface area contributed by atoms with Crippen LogP contribution >= 0.6 is 12.4 Å². The van der Waals surface area contributed by atoms with Gasteiger partial charge in [-0.2, -0.15) is 4.31 Å². The molecule has 1 saturated heterocycles. The zero-order chi connectivity index (χ0) is 14.6. The maximum Gasteiger partial charge on any atom is 0.243 e. The van der Waals surface area contributed by atoms with Crippen molar-refractivity contribution < 1.29 is 8.42 Å². The minimum absolute atomic E-state index is 0. The highest BCUT2D eigenvalue weighted by Gasteiger charge is 2.45. The summed E-state index contributed by atoms with van der Waals surface area (Å²) in [5, 5.41) is 0. The van der Waals surface area contributed by atoms with E-state index in [0.29, 0.717) is 29.8 Å². The zero-order valence-corrected chi connectivity index (χ0v) is 14.2. The van der Waals surface area contributed by atoms with E-state index in [1.54, 1.807) is 10.4 Å². The molecule has 0 radical (unpaired) electrons. The molecule has 3 aliphatic rings. The molecule has 6 heteroatoms. The van der Waals surface area contributed by atoms with Crippen molar-refractivity contribution in [2.75, 3.05) is 13.1 Å². The fourth-order valence-electron chi connectivity index (χ4n) is 4.32. The van der Waals surface area contributed by atoms with E-state index in [4.69, 9.17) is 5.73 Å². The summed E-state index contributed by atoms with van der Waals surface area (Å²) in [6, 6.07) is 5.85. The molecule has 4 nitrogen and oxygen atoms in total. The van der Waals surface area contributed by atoms with Gasteiger partial charge in [0.15, 0.2) is 0 Å². The quantitative estimate of drug-likeness (QED) is 0.893. The van der Waals surface area contributed by atoms with Crippen LogP contribution in [0.1, 0.15) is 30.4 Å². The van der Waals surface area contributed by atoms with Crippen molar-refractivity contribution in [1.82, 2.24) is 4.31 Å². The number of halogens is 1. The predicted octanol–water partition coefficient (Wildman–Crippen LogP) is 1.95. The number of nitrogens with two attached hydrogens (primary N) is 1. The third kappa shape index (κ3) is 2.48. The summed E-state index contributed by atoms with van der Waals surface area (Å²) >= 11 is 0. The molecule has 1 aromatic rings. The van der Waals surface area contributed by atoms with Crippen molar-refractivity contribution in [2.45, 2.75) is 43.0 Å². The Morgan fingerprint density at radius 1 is 1.09 bits per heavy atom. The van der Waals surface area contributed by atoms with Gasteiger partial charge in [-0.05, 0) is 67.2 Å². The number of hydrogen-bond acceptors (Lipinski definition) is 3. The summed E-state index contributed by atoms with van der Waals surface area (Å²) in [5.41, 5.74) is 8.65. The third-order valence-electron chi connectivity index (χ3n) is 5.59. The van der Waals surface area contributed by atoms with Crippen LogP contribution in [0.25, 0.3) is 0 Å². The standard InChI is InChI=1S/C16H22N2O2S.ClH/c17-16-7-5-13-9-18(10-15(13)16)21(19,20)14-6-4-11-2-1-3-12(11)8-14;/h4,6,8,13,15-16H,1-3,5,7,9-10,17H2;1H. The molecule has 22 heavy (non-hydrogen) atoms. The number of hydrogen-bond donors (Lipinski definition) is 1. The molecule has 2 aliphatic carbocycles. The van der Waals surface area contributed by atoms with Gasteiger partial charge in [0.25, 0.3) is 0 Å². The van der Waals surface area contributed by atoms with Gasteiger partial charge in [0.1, 0.15) is 0 Å². The monoisotopic (exact) mass is 342 g/mol. The Hall–Kier alpha value is -0.620. The Morgan fingerprint density at radius 3 is 2.64 bits per heavy atom. The first-order chi connectivity index (χ1) is 10.1. The lowest BCUT2D eigenvalue weighted by Gasteiger charge is -2.19. The third-order valence-corrected chi connectivity index (χ3v) is 7.41. The molecule has 2 N–H and O–H groups in total. The van der Waals surface area contributed by atoms with Gasteiger partial charge in [-0.3, -0.25) is 0 Å². The maximum absolute atomic E-state index is 12.9. The molecule has 0 spiro atoms. The van der Waals surface area contributed by atoms with Crippen LogP contribution in [0, 0.1) is 11.8 Å². The summed E-state index contributed by atoms with van der Waals surface area (Å²) < 4.78 is 27.4. The van der Waals surface area contributed by atoms with Crippen LogP contribution in [0.5, 0.6) is 0 Å². The van der Waals surface area contributed by atoms with Crippen LogP contribution in [0.3, 0.4) is 0 Å². The van der Waals surface area contributed by atoms with Gasteiger partial charge >= 0.3 is 0 Å².